The molecule has 1 nitrogen and oxygen atoms in total. The van der Waals surface area contributed by atoms with Crippen molar-refractivity contribution in [2.75, 3.05) is 0 Å². The summed E-state index contributed by atoms with van der Waals surface area (Å²) in [5, 5.41) is 0. The van der Waals surface area contributed by atoms with Crippen molar-refractivity contribution in [2.24, 2.45) is 11.7 Å². The SMILES string of the molecule is CC(C)[CH]C(C)(C)N. The van der Waals surface area contributed by atoms with Crippen molar-refractivity contribution in [2.45, 2.75) is 33.2 Å². The fourth-order valence-electron chi connectivity index (χ4n) is 0.859. The molecular formula is C7H16N. The Morgan fingerprint density at radius 2 is 1.75 bits per heavy atom. The lowest BCUT2D eigenvalue weighted by Crippen LogP contribution is -2.34. The van der Waals surface area contributed by atoms with Crippen LogP contribution in [0.5, 0.6) is 0 Å². The maximum absolute atomic E-state index is 5.68. The van der Waals surface area contributed by atoms with E-state index in [9.17, 15) is 0 Å². The molecule has 0 aromatic carbocycles. The summed E-state index contributed by atoms with van der Waals surface area (Å²) in [4.78, 5) is 0. The lowest BCUT2D eigenvalue weighted by atomic mass is 9.94. The van der Waals surface area contributed by atoms with Crippen LogP contribution in [0.1, 0.15) is 27.7 Å². The average Bonchev–Trinajstić information content (AvgIpc) is 1.21. The molecule has 8 heavy (non-hydrogen) atoms. The van der Waals surface area contributed by atoms with E-state index < -0.39 is 0 Å². The van der Waals surface area contributed by atoms with E-state index >= 15 is 0 Å². The van der Waals surface area contributed by atoms with Gasteiger partial charge < -0.3 is 5.73 Å². The molecule has 0 fully saturated rings. The maximum Gasteiger partial charge on any atom is 0.0131 e. The van der Waals surface area contributed by atoms with Crippen LogP contribution < -0.4 is 5.73 Å². The van der Waals surface area contributed by atoms with Gasteiger partial charge in [-0.25, -0.2) is 0 Å². The van der Waals surface area contributed by atoms with Gasteiger partial charge in [0.25, 0.3) is 0 Å². The second-order valence-corrected chi connectivity index (χ2v) is 3.23. The van der Waals surface area contributed by atoms with Crippen molar-refractivity contribution < 1.29 is 0 Å². The summed E-state index contributed by atoms with van der Waals surface area (Å²) in [7, 11) is 0. The second-order valence-electron chi connectivity index (χ2n) is 3.23. The van der Waals surface area contributed by atoms with Crippen molar-refractivity contribution in [3.63, 3.8) is 0 Å². The maximum atomic E-state index is 5.68. The van der Waals surface area contributed by atoms with Gasteiger partial charge in [-0.1, -0.05) is 13.8 Å². The first-order chi connectivity index (χ1) is 3.42. The van der Waals surface area contributed by atoms with Gasteiger partial charge in [0.1, 0.15) is 0 Å². The van der Waals surface area contributed by atoms with Crippen LogP contribution in [-0.4, -0.2) is 5.54 Å². The summed E-state index contributed by atoms with van der Waals surface area (Å²) in [6.45, 7) is 8.28. The molecule has 2 N–H and O–H groups in total. The molecule has 49 valence electrons. The number of hydrogen-bond donors (Lipinski definition) is 1. The highest BCUT2D eigenvalue weighted by atomic mass is 14.7. The Hall–Kier alpha value is -0.0400. The van der Waals surface area contributed by atoms with Crippen LogP contribution >= 0.6 is 0 Å². The lowest BCUT2D eigenvalue weighted by Gasteiger charge is -2.19. The third-order valence-corrected chi connectivity index (χ3v) is 0.763. The quantitative estimate of drug-likeness (QED) is 0.579. The molecule has 0 aromatic heterocycles. The van der Waals surface area contributed by atoms with Crippen LogP contribution in [0.15, 0.2) is 0 Å². The van der Waals surface area contributed by atoms with Gasteiger partial charge in [-0.15, -0.1) is 0 Å². The molecule has 0 atom stereocenters. The number of nitrogens with two attached hydrogens (primary N) is 1. The zero-order chi connectivity index (χ0) is 6.78. The fourth-order valence-corrected chi connectivity index (χ4v) is 0.859. The van der Waals surface area contributed by atoms with Gasteiger partial charge in [0, 0.05) is 5.54 Å². The third kappa shape index (κ3) is 5.96. The van der Waals surface area contributed by atoms with Crippen molar-refractivity contribution >= 4 is 0 Å². The zero-order valence-electron chi connectivity index (χ0n) is 6.23. The Kier molecular flexibility index (Phi) is 2.48. The van der Waals surface area contributed by atoms with Crippen LogP contribution in [-0.2, 0) is 0 Å². The monoisotopic (exact) mass is 114 g/mol. The van der Waals surface area contributed by atoms with Gasteiger partial charge in [0.15, 0.2) is 0 Å². The van der Waals surface area contributed by atoms with Crippen molar-refractivity contribution in [3.05, 3.63) is 6.42 Å². The summed E-state index contributed by atoms with van der Waals surface area (Å²) in [5.41, 5.74) is 5.58. The number of rotatable bonds is 2. The van der Waals surface area contributed by atoms with Gasteiger partial charge >= 0.3 is 0 Å². The smallest absolute Gasteiger partial charge is 0.0131 e. The molecule has 0 saturated heterocycles. The highest BCUT2D eigenvalue weighted by Crippen LogP contribution is 2.09. The standard InChI is InChI=1S/C7H16N/c1-6(2)5-7(3,4)8/h5-6H,8H2,1-4H3. The highest BCUT2D eigenvalue weighted by molar-refractivity contribution is 4.90. The fraction of sp³-hybridized carbons (Fsp3) is 0.857. The van der Waals surface area contributed by atoms with Crippen LogP contribution in [0.4, 0.5) is 0 Å². The molecule has 0 heterocycles. The first-order valence-electron chi connectivity index (χ1n) is 3.07. The van der Waals surface area contributed by atoms with Crippen LogP contribution in [0.2, 0.25) is 0 Å². The van der Waals surface area contributed by atoms with Crippen LogP contribution in [0.3, 0.4) is 0 Å². The zero-order valence-corrected chi connectivity index (χ0v) is 6.23. The predicted octanol–water partition coefficient (Wildman–Crippen LogP) is 1.58. The number of hydrogen-bond acceptors (Lipinski definition) is 1. The van der Waals surface area contributed by atoms with Gasteiger partial charge in [-0.05, 0) is 26.2 Å². The van der Waals surface area contributed by atoms with E-state index in [1.807, 2.05) is 13.8 Å². The van der Waals surface area contributed by atoms with E-state index in [1.165, 1.54) is 0 Å². The lowest BCUT2D eigenvalue weighted by molar-refractivity contribution is 0.525. The summed E-state index contributed by atoms with van der Waals surface area (Å²) in [5.74, 6) is 0.593. The third-order valence-electron chi connectivity index (χ3n) is 0.763. The average molecular weight is 114 g/mol. The molecule has 0 spiro atoms. The van der Waals surface area contributed by atoms with E-state index in [0.717, 1.165) is 0 Å². The molecule has 0 saturated carbocycles. The summed E-state index contributed by atoms with van der Waals surface area (Å²) in [6, 6.07) is 0. The predicted molar refractivity (Wildman–Crippen MR) is 37.4 cm³/mol. The Labute approximate surface area is 52.3 Å². The molecule has 0 bridgehead atoms. The van der Waals surface area contributed by atoms with Crippen molar-refractivity contribution in [1.29, 1.82) is 0 Å². The van der Waals surface area contributed by atoms with E-state index in [2.05, 4.69) is 20.3 Å². The van der Waals surface area contributed by atoms with E-state index in [-0.39, 0.29) is 5.54 Å². The largest absolute Gasteiger partial charge is 0.325 e. The van der Waals surface area contributed by atoms with Gasteiger partial charge in [-0.3, -0.25) is 0 Å². The van der Waals surface area contributed by atoms with E-state index in [4.69, 9.17) is 5.73 Å². The Balaban J connectivity index is 3.39. The Bertz CT molecular complexity index is 59.3. The molecule has 0 aliphatic heterocycles. The van der Waals surface area contributed by atoms with Gasteiger partial charge in [0.2, 0.25) is 0 Å². The first kappa shape index (κ1) is 7.96. The molecular weight excluding hydrogens is 98.1 g/mol. The summed E-state index contributed by atoms with van der Waals surface area (Å²) in [6.07, 6.45) is 2.13. The molecule has 1 heteroatoms. The minimum atomic E-state index is -0.103. The minimum absolute atomic E-state index is 0.103. The summed E-state index contributed by atoms with van der Waals surface area (Å²) < 4.78 is 0. The molecule has 0 unspecified atom stereocenters. The summed E-state index contributed by atoms with van der Waals surface area (Å²) >= 11 is 0. The normalized spacial score (nSPS) is 12.8. The molecule has 0 aliphatic carbocycles. The van der Waals surface area contributed by atoms with Gasteiger partial charge in [-0.2, -0.15) is 0 Å². The van der Waals surface area contributed by atoms with Crippen molar-refractivity contribution in [1.82, 2.24) is 0 Å². The second kappa shape index (κ2) is 2.49. The highest BCUT2D eigenvalue weighted by Gasteiger charge is 2.11. The molecule has 0 rings (SSSR count). The van der Waals surface area contributed by atoms with Crippen LogP contribution in [0.25, 0.3) is 0 Å². The molecule has 1 radical (unpaired) electrons. The van der Waals surface area contributed by atoms with E-state index in [1.54, 1.807) is 0 Å². The topological polar surface area (TPSA) is 26.0 Å². The Morgan fingerprint density at radius 1 is 1.38 bits per heavy atom. The van der Waals surface area contributed by atoms with Gasteiger partial charge in [0.05, 0.1) is 0 Å². The minimum Gasteiger partial charge on any atom is -0.325 e. The van der Waals surface area contributed by atoms with E-state index in [0.29, 0.717) is 5.92 Å². The Morgan fingerprint density at radius 3 is 1.75 bits per heavy atom. The van der Waals surface area contributed by atoms with Crippen molar-refractivity contribution in [3.8, 4) is 0 Å². The molecule has 0 aromatic rings. The molecule has 0 aliphatic rings. The molecule has 0 amide bonds. The van der Waals surface area contributed by atoms with Crippen LogP contribution in [0, 0.1) is 12.3 Å². The first-order valence-corrected chi connectivity index (χ1v) is 3.07.